The van der Waals surface area contributed by atoms with E-state index in [0.29, 0.717) is 13.0 Å². The van der Waals surface area contributed by atoms with Crippen molar-refractivity contribution in [3.8, 4) is 0 Å². The highest BCUT2D eigenvalue weighted by atomic mass is 16.4. The van der Waals surface area contributed by atoms with E-state index in [1.165, 1.54) is 11.3 Å². The van der Waals surface area contributed by atoms with Crippen LogP contribution in [0, 0.1) is 11.8 Å². The lowest BCUT2D eigenvalue weighted by molar-refractivity contribution is -0.157. The van der Waals surface area contributed by atoms with E-state index in [9.17, 15) is 19.8 Å². The Balaban J connectivity index is 2.14. The second-order valence-electron chi connectivity index (χ2n) is 6.55. The van der Waals surface area contributed by atoms with E-state index >= 15 is 0 Å². The fraction of sp³-hybridized carbons (Fsp3) is 0.875. The van der Waals surface area contributed by atoms with Crippen molar-refractivity contribution in [2.45, 2.75) is 70.4 Å². The van der Waals surface area contributed by atoms with Crippen LogP contribution in [0.15, 0.2) is 0 Å². The number of hydrogen-bond donors (Lipinski definition) is 2. The van der Waals surface area contributed by atoms with Crippen LogP contribution < -0.4 is 0 Å². The number of carboxylic acids is 1. The lowest BCUT2D eigenvalue weighted by Gasteiger charge is -2.39. The average Bonchev–Trinajstić information content (AvgIpc) is 2.48. The molecule has 0 radical (unpaired) electrons. The normalized spacial score (nSPS) is 27.1. The van der Waals surface area contributed by atoms with Crippen molar-refractivity contribution >= 4 is 11.9 Å². The third-order valence-electron chi connectivity index (χ3n) is 5.03. The lowest BCUT2D eigenvalue weighted by atomic mass is 9.76. The second-order valence-corrected chi connectivity index (χ2v) is 6.55. The molecule has 2 rings (SSSR count). The molecule has 2 N–H and O–H groups in total. The Bertz CT molecular complexity index is 376. The zero-order valence-electron chi connectivity index (χ0n) is 12.8. The van der Waals surface area contributed by atoms with E-state index in [-0.39, 0.29) is 11.8 Å². The number of nitrogens with zero attached hydrogens (tertiary/aromatic N) is 1. The standard InChI is InChI=1S/C16H27NO4/c1-11(18)14(12-7-3-2-4-8-12)15(19)17-10-6-5-9-13(17)16(20)21/h11-14,18H,2-10H2,1H3,(H,20,21)/t11-,13?,14-/m1/s1. The van der Waals surface area contributed by atoms with Crippen molar-refractivity contribution < 1.29 is 19.8 Å². The molecule has 5 nitrogen and oxygen atoms in total. The van der Waals surface area contributed by atoms with Crippen LogP contribution in [0.2, 0.25) is 0 Å². The summed E-state index contributed by atoms with van der Waals surface area (Å²) < 4.78 is 0. The maximum atomic E-state index is 12.9. The zero-order valence-corrected chi connectivity index (χ0v) is 12.8. The first-order chi connectivity index (χ1) is 10.0. The number of piperidine rings is 1. The summed E-state index contributed by atoms with van der Waals surface area (Å²) in [5.41, 5.74) is 0. The van der Waals surface area contributed by atoms with Crippen LogP contribution in [0.4, 0.5) is 0 Å². The first-order valence-electron chi connectivity index (χ1n) is 8.23. The molecule has 0 spiro atoms. The monoisotopic (exact) mass is 297 g/mol. The molecule has 3 atom stereocenters. The van der Waals surface area contributed by atoms with E-state index in [1.54, 1.807) is 6.92 Å². The van der Waals surface area contributed by atoms with Gasteiger partial charge in [0.15, 0.2) is 0 Å². The smallest absolute Gasteiger partial charge is 0.326 e. The van der Waals surface area contributed by atoms with Gasteiger partial charge in [-0.05, 0) is 44.9 Å². The minimum atomic E-state index is -0.920. The van der Waals surface area contributed by atoms with Gasteiger partial charge < -0.3 is 15.1 Å². The summed E-state index contributed by atoms with van der Waals surface area (Å²) in [6.07, 6.45) is 6.84. The summed E-state index contributed by atoms with van der Waals surface area (Å²) in [7, 11) is 0. The van der Waals surface area contributed by atoms with Gasteiger partial charge in [0.05, 0.1) is 12.0 Å². The van der Waals surface area contributed by atoms with Gasteiger partial charge in [-0.3, -0.25) is 4.79 Å². The Hall–Kier alpha value is -1.10. The van der Waals surface area contributed by atoms with Gasteiger partial charge in [-0.2, -0.15) is 0 Å². The quantitative estimate of drug-likeness (QED) is 0.832. The van der Waals surface area contributed by atoms with E-state index < -0.39 is 24.0 Å². The van der Waals surface area contributed by atoms with Gasteiger partial charge in [-0.15, -0.1) is 0 Å². The number of rotatable bonds is 4. The molecule has 1 heterocycles. The highest BCUT2D eigenvalue weighted by Gasteiger charge is 2.40. The summed E-state index contributed by atoms with van der Waals surface area (Å²) >= 11 is 0. The highest BCUT2D eigenvalue weighted by molar-refractivity contribution is 5.85. The molecule has 1 amide bonds. The lowest BCUT2D eigenvalue weighted by Crippen LogP contribution is -2.53. The molecule has 2 fully saturated rings. The van der Waals surface area contributed by atoms with Gasteiger partial charge >= 0.3 is 5.97 Å². The van der Waals surface area contributed by atoms with Crippen LogP contribution in [0.3, 0.4) is 0 Å². The van der Waals surface area contributed by atoms with Crippen LogP contribution in [-0.2, 0) is 9.59 Å². The minimum Gasteiger partial charge on any atom is -0.480 e. The summed E-state index contributed by atoms with van der Waals surface area (Å²) in [6, 6.07) is -0.712. The van der Waals surface area contributed by atoms with Gasteiger partial charge in [0.2, 0.25) is 5.91 Å². The van der Waals surface area contributed by atoms with Crippen molar-refractivity contribution in [1.29, 1.82) is 0 Å². The number of aliphatic hydroxyl groups excluding tert-OH is 1. The van der Waals surface area contributed by atoms with E-state index in [0.717, 1.165) is 38.5 Å². The number of carboxylic acid groups (broad SMARTS) is 1. The van der Waals surface area contributed by atoms with Gasteiger partial charge in [-0.1, -0.05) is 19.3 Å². The van der Waals surface area contributed by atoms with Gasteiger partial charge in [0, 0.05) is 6.54 Å². The number of aliphatic carboxylic acids is 1. The molecule has 120 valence electrons. The Kier molecular flexibility index (Phi) is 5.62. The Morgan fingerprint density at radius 1 is 1.05 bits per heavy atom. The van der Waals surface area contributed by atoms with Crippen LogP contribution in [0.1, 0.15) is 58.3 Å². The van der Waals surface area contributed by atoms with Crippen molar-refractivity contribution in [2.24, 2.45) is 11.8 Å². The third kappa shape index (κ3) is 3.76. The predicted molar refractivity (Wildman–Crippen MR) is 78.7 cm³/mol. The number of carbonyl (C=O) groups excluding carboxylic acids is 1. The molecule has 0 aromatic heterocycles. The number of likely N-dealkylation sites (tertiary alicyclic amines) is 1. The van der Waals surface area contributed by atoms with E-state index in [2.05, 4.69) is 0 Å². The van der Waals surface area contributed by atoms with E-state index in [1.807, 2.05) is 0 Å². The Morgan fingerprint density at radius 3 is 2.24 bits per heavy atom. The molecule has 2 aliphatic rings. The Labute approximate surface area is 126 Å². The first-order valence-corrected chi connectivity index (χ1v) is 8.23. The highest BCUT2D eigenvalue weighted by Crippen LogP contribution is 2.34. The molecule has 21 heavy (non-hydrogen) atoms. The molecule has 0 aromatic rings. The zero-order chi connectivity index (χ0) is 15.4. The number of aliphatic hydroxyl groups is 1. The summed E-state index contributed by atoms with van der Waals surface area (Å²) in [6.45, 7) is 2.17. The minimum absolute atomic E-state index is 0.149. The molecule has 1 saturated carbocycles. The molecular formula is C16H27NO4. The van der Waals surface area contributed by atoms with Crippen LogP contribution in [-0.4, -0.2) is 45.7 Å². The van der Waals surface area contributed by atoms with Crippen molar-refractivity contribution in [3.05, 3.63) is 0 Å². The van der Waals surface area contributed by atoms with Gasteiger partial charge in [-0.25, -0.2) is 4.79 Å². The van der Waals surface area contributed by atoms with Crippen molar-refractivity contribution in [1.82, 2.24) is 4.90 Å². The Morgan fingerprint density at radius 2 is 1.67 bits per heavy atom. The number of amides is 1. The molecule has 1 aliphatic heterocycles. The van der Waals surface area contributed by atoms with Crippen molar-refractivity contribution in [3.63, 3.8) is 0 Å². The number of hydrogen-bond acceptors (Lipinski definition) is 3. The molecule has 1 aliphatic carbocycles. The SMILES string of the molecule is C[C@@H](O)[C@@H](C(=O)N1CCCCC1C(=O)O)C1CCCCC1. The molecular weight excluding hydrogens is 270 g/mol. The van der Waals surface area contributed by atoms with E-state index in [4.69, 9.17) is 0 Å². The van der Waals surface area contributed by atoms with Gasteiger partial charge in [0.25, 0.3) is 0 Å². The fourth-order valence-electron chi connectivity index (χ4n) is 3.94. The number of carbonyl (C=O) groups is 2. The molecule has 5 heteroatoms. The topological polar surface area (TPSA) is 77.8 Å². The van der Waals surface area contributed by atoms with Crippen LogP contribution in [0.5, 0.6) is 0 Å². The maximum Gasteiger partial charge on any atom is 0.326 e. The summed E-state index contributed by atoms with van der Waals surface area (Å²) in [4.78, 5) is 25.7. The predicted octanol–water partition coefficient (Wildman–Crippen LogP) is 2.03. The summed E-state index contributed by atoms with van der Waals surface area (Å²) in [5, 5.41) is 19.4. The summed E-state index contributed by atoms with van der Waals surface area (Å²) in [5.74, 6) is -1.31. The van der Waals surface area contributed by atoms with Crippen LogP contribution >= 0.6 is 0 Å². The second kappa shape index (κ2) is 7.25. The molecule has 0 bridgehead atoms. The molecule has 1 unspecified atom stereocenters. The largest absolute Gasteiger partial charge is 0.480 e. The molecule has 1 saturated heterocycles. The molecule has 0 aromatic carbocycles. The first kappa shape index (κ1) is 16.3. The third-order valence-corrected chi connectivity index (χ3v) is 5.03. The van der Waals surface area contributed by atoms with Crippen molar-refractivity contribution in [2.75, 3.05) is 6.54 Å². The van der Waals surface area contributed by atoms with Crippen LogP contribution in [0.25, 0.3) is 0 Å². The average molecular weight is 297 g/mol. The maximum absolute atomic E-state index is 12.9. The van der Waals surface area contributed by atoms with Gasteiger partial charge in [0.1, 0.15) is 6.04 Å². The fourth-order valence-corrected chi connectivity index (χ4v) is 3.94.